The van der Waals surface area contributed by atoms with Gasteiger partial charge >= 0.3 is 0 Å². The van der Waals surface area contributed by atoms with Gasteiger partial charge in [-0.15, -0.1) is 0 Å². The number of benzene rings is 1. The summed E-state index contributed by atoms with van der Waals surface area (Å²) in [6, 6.07) is 6.80. The van der Waals surface area contributed by atoms with Crippen molar-refractivity contribution in [1.29, 1.82) is 0 Å². The van der Waals surface area contributed by atoms with E-state index in [1.54, 1.807) is 18.2 Å². The molecular formula is C13H20FNO2. The van der Waals surface area contributed by atoms with Crippen molar-refractivity contribution in [1.82, 2.24) is 5.32 Å². The summed E-state index contributed by atoms with van der Waals surface area (Å²) >= 11 is 0. The van der Waals surface area contributed by atoms with Crippen LogP contribution in [0.15, 0.2) is 24.3 Å². The number of ether oxygens (including phenoxy) is 1. The molecule has 0 fully saturated rings. The highest BCUT2D eigenvalue weighted by Gasteiger charge is 2.06. The molecule has 1 unspecified atom stereocenters. The molecule has 0 aromatic heterocycles. The van der Waals surface area contributed by atoms with Gasteiger partial charge in [-0.3, -0.25) is 0 Å². The summed E-state index contributed by atoms with van der Waals surface area (Å²) in [6.45, 7) is 4.88. The highest BCUT2D eigenvalue weighted by atomic mass is 19.1. The fourth-order valence-electron chi connectivity index (χ4n) is 1.35. The van der Waals surface area contributed by atoms with Gasteiger partial charge in [-0.25, -0.2) is 4.39 Å². The first-order chi connectivity index (χ1) is 8.09. The molecule has 0 heterocycles. The van der Waals surface area contributed by atoms with Crippen LogP contribution < -0.4 is 5.32 Å². The summed E-state index contributed by atoms with van der Waals surface area (Å²) in [5, 5.41) is 12.7. The highest BCUT2D eigenvalue weighted by molar-refractivity contribution is 5.16. The van der Waals surface area contributed by atoms with E-state index in [0.717, 1.165) is 0 Å². The lowest BCUT2D eigenvalue weighted by atomic mass is 10.2. The molecule has 2 N–H and O–H groups in total. The fourth-order valence-corrected chi connectivity index (χ4v) is 1.35. The van der Waals surface area contributed by atoms with Crippen molar-refractivity contribution < 1.29 is 14.2 Å². The largest absolute Gasteiger partial charge is 0.389 e. The van der Waals surface area contributed by atoms with E-state index in [1.807, 2.05) is 13.8 Å². The lowest BCUT2D eigenvalue weighted by Gasteiger charge is -2.14. The molecule has 1 aromatic carbocycles. The zero-order valence-electron chi connectivity index (χ0n) is 10.3. The van der Waals surface area contributed by atoms with Gasteiger partial charge in [0.2, 0.25) is 0 Å². The van der Waals surface area contributed by atoms with Crippen LogP contribution in [0.5, 0.6) is 0 Å². The normalized spacial score (nSPS) is 13.0. The molecule has 0 bridgehead atoms. The van der Waals surface area contributed by atoms with Crippen molar-refractivity contribution >= 4 is 0 Å². The SMILES string of the molecule is CC(C)NCC(O)COCc1ccccc1F. The molecule has 0 aliphatic heterocycles. The maximum Gasteiger partial charge on any atom is 0.128 e. The molecule has 0 aliphatic rings. The number of hydrogen-bond acceptors (Lipinski definition) is 3. The summed E-state index contributed by atoms with van der Waals surface area (Å²) in [6.07, 6.45) is -0.566. The Morgan fingerprint density at radius 2 is 2.06 bits per heavy atom. The van der Waals surface area contributed by atoms with Gasteiger partial charge in [0, 0.05) is 18.2 Å². The Hall–Kier alpha value is -0.970. The Labute approximate surface area is 102 Å². The monoisotopic (exact) mass is 241 g/mol. The third kappa shape index (κ3) is 5.77. The van der Waals surface area contributed by atoms with Crippen LogP contribution in [0.3, 0.4) is 0 Å². The number of hydrogen-bond donors (Lipinski definition) is 2. The Bertz CT molecular complexity index is 331. The van der Waals surface area contributed by atoms with E-state index in [-0.39, 0.29) is 19.0 Å². The minimum atomic E-state index is -0.566. The van der Waals surface area contributed by atoms with Crippen molar-refractivity contribution in [2.24, 2.45) is 0 Å². The maximum absolute atomic E-state index is 13.2. The average Bonchev–Trinajstić information content (AvgIpc) is 2.29. The Morgan fingerprint density at radius 1 is 1.35 bits per heavy atom. The molecule has 0 saturated heterocycles. The van der Waals surface area contributed by atoms with Gasteiger partial charge in [-0.05, 0) is 6.07 Å². The van der Waals surface area contributed by atoms with E-state index in [9.17, 15) is 9.50 Å². The maximum atomic E-state index is 13.2. The van der Waals surface area contributed by atoms with Gasteiger partial charge in [0.25, 0.3) is 0 Å². The summed E-state index contributed by atoms with van der Waals surface area (Å²) in [5.41, 5.74) is 0.511. The molecule has 1 aromatic rings. The summed E-state index contributed by atoms with van der Waals surface area (Å²) in [5.74, 6) is -0.276. The van der Waals surface area contributed by atoms with Crippen LogP contribution in [0.2, 0.25) is 0 Å². The first-order valence-electron chi connectivity index (χ1n) is 5.82. The number of nitrogens with one attached hydrogen (secondary N) is 1. The second-order valence-corrected chi connectivity index (χ2v) is 4.32. The third-order valence-corrected chi connectivity index (χ3v) is 2.29. The Kier molecular flexibility index (Phi) is 6.11. The van der Waals surface area contributed by atoms with Gasteiger partial charge in [-0.1, -0.05) is 32.0 Å². The molecular weight excluding hydrogens is 221 g/mol. The van der Waals surface area contributed by atoms with E-state index >= 15 is 0 Å². The summed E-state index contributed by atoms with van der Waals surface area (Å²) < 4.78 is 18.5. The molecule has 4 heteroatoms. The van der Waals surface area contributed by atoms with E-state index in [2.05, 4.69) is 5.32 Å². The smallest absolute Gasteiger partial charge is 0.128 e. The third-order valence-electron chi connectivity index (χ3n) is 2.29. The van der Waals surface area contributed by atoms with Crippen LogP contribution in [-0.4, -0.2) is 30.4 Å². The van der Waals surface area contributed by atoms with Crippen LogP contribution in [0.25, 0.3) is 0 Å². The molecule has 0 saturated carbocycles. The topological polar surface area (TPSA) is 41.5 Å². The molecule has 1 atom stereocenters. The van der Waals surface area contributed by atoms with Gasteiger partial charge in [0.05, 0.1) is 19.3 Å². The summed E-state index contributed by atoms with van der Waals surface area (Å²) in [7, 11) is 0. The van der Waals surface area contributed by atoms with Crippen LogP contribution in [-0.2, 0) is 11.3 Å². The number of aliphatic hydroxyl groups is 1. The Balaban J connectivity index is 2.21. The van der Waals surface area contributed by atoms with Crippen molar-refractivity contribution in [3.05, 3.63) is 35.6 Å². The minimum absolute atomic E-state index is 0.186. The number of halogens is 1. The first-order valence-corrected chi connectivity index (χ1v) is 5.82. The number of aliphatic hydroxyl groups excluding tert-OH is 1. The predicted molar refractivity (Wildman–Crippen MR) is 65.2 cm³/mol. The molecule has 0 aliphatic carbocycles. The highest BCUT2D eigenvalue weighted by Crippen LogP contribution is 2.07. The fraction of sp³-hybridized carbons (Fsp3) is 0.538. The molecule has 0 spiro atoms. The molecule has 0 radical (unpaired) electrons. The molecule has 1 rings (SSSR count). The zero-order valence-corrected chi connectivity index (χ0v) is 10.3. The first kappa shape index (κ1) is 14.1. The van der Waals surface area contributed by atoms with Crippen LogP contribution in [0.1, 0.15) is 19.4 Å². The lowest BCUT2D eigenvalue weighted by Crippen LogP contribution is -2.34. The zero-order chi connectivity index (χ0) is 12.7. The van der Waals surface area contributed by atoms with E-state index < -0.39 is 6.10 Å². The lowest BCUT2D eigenvalue weighted by molar-refractivity contribution is 0.0271. The van der Waals surface area contributed by atoms with Gasteiger partial charge in [0.15, 0.2) is 0 Å². The molecule has 3 nitrogen and oxygen atoms in total. The quantitative estimate of drug-likeness (QED) is 0.763. The van der Waals surface area contributed by atoms with Crippen LogP contribution >= 0.6 is 0 Å². The van der Waals surface area contributed by atoms with Crippen molar-refractivity contribution in [2.75, 3.05) is 13.2 Å². The second-order valence-electron chi connectivity index (χ2n) is 4.32. The van der Waals surface area contributed by atoms with E-state index in [4.69, 9.17) is 4.74 Å². The minimum Gasteiger partial charge on any atom is -0.389 e. The van der Waals surface area contributed by atoms with Crippen LogP contribution in [0.4, 0.5) is 4.39 Å². The van der Waals surface area contributed by atoms with Crippen LogP contribution in [0, 0.1) is 5.82 Å². The van der Waals surface area contributed by atoms with E-state index in [0.29, 0.717) is 18.2 Å². The van der Waals surface area contributed by atoms with Crippen molar-refractivity contribution in [2.45, 2.75) is 32.6 Å². The molecule has 96 valence electrons. The van der Waals surface area contributed by atoms with Crippen molar-refractivity contribution in [3.8, 4) is 0 Å². The predicted octanol–water partition coefficient (Wildman–Crippen LogP) is 1.70. The van der Waals surface area contributed by atoms with E-state index in [1.165, 1.54) is 6.07 Å². The summed E-state index contributed by atoms with van der Waals surface area (Å²) in [4.78, 5) is 0. The molecule has 17 heavy (non-hydrogen) atoms. The van der Waals surface area contributed by atoms with Crippen molar-refractivity contribution in [3.63, 3.8) is 0 Å². The van der Waals surface area contributed by atoms with Gasteiger partial charge < -0.3 is 15.2 Å². The molecule has 0 amide bonds. The average molecular weight is 241 g/mol. The number of rotatable bonds is 7. The Morgan fingerprint density at radius 3 is 2.71 bits per heavy atom. The second kappa shape index (κ2) is 7.37. The van der Waals surface area contributed by atoms with Gasteiger partial charge in [-0.2, -0.15) is 0 Å². The van der Waals surface area contributed by atoms with Gasteiger partial charge in [0.1, 0.15) is 5.82 Å². The standard InChI is InChI=1S/C13H20FNO2/c1-10(2)15-7-12(16)9-17-8-11-5-3-4-6-13(11)14/h3-6,10,12,15-16H,7-9H2,1-2H3.